The van der Waals surface area contributed by atoms with E-state index in [4.69, 9.17) is 52.1 Å². The molecule has 0 atom stereocenters. The van der Waals surface area contributed by atoms with E-state index in [0.29, 0.717) is 42.7 Å². The summed E-state index contributed by atoms with van der Waals surface area (Å²) in [6, 6.07) is 14.0. The predicted molar refractivity (Wildman–Crippen MR) is 99.6 cm³/mol. The normalized spacial score (nSPS) is 10.8. The molecule has 3 aromatic rings. The first-order valence-corrected chi connectivity index (χ1v) is 8.14. The molecule has 0 bridgehead atoms. The van der Waals surface area contributed by atoms with E-state index in [9.17, 15) is 0 Å². The van der Waals surface area contributed by atoms with Gasteiger partial charge in [-0.15, -0.1) is 0 Å². The summed E-state index contributed by atoms with van der Waals surface area (Å²) in [6.45, 7) is 0. The highest BCUT2D eigenvalue weighted by atomic mass is 35.5. The molecule has 23 heavy (non-hydrogen) atoms. The topological polar surface area (TPSA) is 38.9 Å². The van der Waals surface area contributed by atoms with Crippen molar-refractivity contribution >= 4 is 52.1 Å². The molecule has 0 saturated carbocycles. The molecule has 116 valence electrons. The molecule has 0 aliphatic heterocycles. The summed E-state index contributed by atoms with van der Waals surface area (Å²) in [5, 5.41) is 2.11. The zero-order chi connectivity index (χ0) is 16.6. The van der Waals surface area contributed by atoms with E-state index in [1.807, 2.05) is 6.07 Å². The Hall–Kier alpha value is -1.45. The Kier molecular flexibility index (Phi) is 4.69. The highest BCUT2D eigenvalue weighted by molar-refractivity contribution is 6.37. The van der Waals surface area contributed by atoms with Gasteiger partial charge in [-0.25, -0.2) is 4.98 Å². The number of nitrogens with zero attached hydrogens (tertiary/aromatic N) is 1. The number of halogens is 4. The van der Waals surface area contributed by atoms with Crippen molar-refractivity contribution in [1.82, 2.24) is 4.98 Å². The maximum absolute atomic E-state index is 6.26. The molecule has 0 saturated heterocycles. The molecule has 0 amide bonds. The van der Waals surface area contributed by atoms with Gasteiger partial charge in [0.05, 0.1) is 27.1 Å². The van der Waals surface area contributed by atoms with Crippen LogP contribution in [-0.4, -0.2) is 4.98 Å². The number of anilines is 1. The Labute approximate surface area is 153 Å². The highest BCUT2D eigenvalue weighted by Crippen LogP contribution is 2.36. The van der Waals surface area contributed by atoms with Crippen LogP contribution < -0.4 is 5.73 Å². The summed E-state index contributed by atoms with van der Waals surface area (Å²) < 4.78 is 0. The number of rotatable bonds is 2. The molecule has 3 rings (SSSR count). The molecule has 0 aliphatic carbocycles. The Morgan fingerprint density at radius 3 is 1.83 bits per heavy atom. The maximum Gasteiger partial charge on any atom is 0.0953 e. The number of pyridine rings is 1. The van der Waals surface area contributed by atoms with E-state index in [1.54, 1.807) is 42.5 Å². The maximum atomic E-state index is 6.26. The Morgan fingerprint density at radius 2 is 1.26 bits per heavy atom. The van der Waals surface area contributed by atoms with Crippen molar-refractivity contribution in [2.24, 2.45) is 0 Å². The number of aromatic nitrogens is 1. The minimum Gasteiger partial charge on any atom is -0.397 e. The fourth-order valence-corrected chi connectivity index (χ4v) is 3.22. The standard InChI is InChI=1S/C17H10Cl4N2/c18-9-1-3-11(13(20)7-9)16-6-5-15(22)17(23-16)12-4-2-10(19)8-14(12)21/h1-8H,22H2. The van der Waals surface area contributed by atoms with E-state index in [2.05, 4.69) is 4.98 Å². The number of hydrogen-bond acceptors (Lipinski definition) is 2. The molecule has 1 aromatic heterocycles. The molecule has 0 unspecified atom stereocenters. The highest BCUT2D eigenvalue weighted by Gasteiger charge is 2.13. The van der Waals surface area contributed by atoms with Crippen LogP contribution in [0.25, 0.3) is 22.5 Å². The van der Waals surface area contributed by atoms with Crippen LogP contribution in [0, 0.1) is 0 Å². The van der Waals surface area contributed by atoms with Gasteiger partial charge in [0, 0.05) is 21.2 Å². The number of nitrogen functional groups attached to an aromatic ring is 1. The van der Waals surface area contributed by atoms with E-state index < -0.39 is 0 Å². The smallest absolute Gasteiger partial charge is 0.0953 e. The van der Waals surface area contributed by atoms with Crippen molar-refractivity contribution in [3.05, 3.63) is 68.6 Å². The number of nitrogens with two attached hydrogens (primary N) is 1. The zero-order valence-corrected chi connectivity index (χ0v) is 14.7. The van der Waals surface area contributed by atoms with Gasteiger partial charge in [-0.1, -0.05) is 46.4 Å². The van der Waals surface area contributed by atoms with Gasteiger partial charge in [-0.05, 0) is 48.5 Å². The van der Waals surface area contributed by atoms with Gasteiger partial charge in [0.1, 0.15) is 0 Å². The third kappa shape index (κ3) is 3.41. The predicted octanol–water partition coefficient (Wildman–Crippen LogP) is 6.61. The molecule has 6 heteroatoms. The van der Waals surface area contributed by atoms with Crippen LogP contribution in [0.1, 0.15) is 0 Å². The van der Waals surface area contributed by atoms with Gasteiger partial charge in [-0.2, -0.15) is 0 Å². The van der Waals surface area contributed by atoms with Gasteiger partial charge in [0.15, 0.2) is 0 Å². The van der Waals surface area contributed by atoms with Crippen molar-refractivity contribution in [3.8, 4) is 22.5 Å². The van der Waals surface area contributed by atoms with E-state index in [1.165, 1.54) is 0 Å². The van der Waals surface area contributed by atoms with Crippen LogP contribution in [0.15, 0.2) is 48.5 Å². The first-order valence-electron chi connectivity index (χ1n) is 6.63. The summed E-state index contributed by atoms with van der Waals surface area (Å²) in [6.07, 6.45) is 0. The zero-order valence-electron chi connectivity index (χ0n) is 11.7. The second-order valence-electron chi connectivity index (χ2n) is 4.88. The van der Waals surface area contributed by atoms with Gasteiger partial charge in [0.2, 0.25) is 0 Å². The van der Waals surface area contributed by atoms with Crippen LogP contribution >= 0.6 is 46.4 Å². The summed E-state index contributed by atoms with van der Waals surface area (Å²) in [4.78, 5) is 4.61. The fourth-order valence-electron chi connectivity index (χ4n) is 2.21. The van der Waals surface area contributed by atoms with Crippen LogP contribution in [0.2, 0.25) is 20.1 Å². The molecule has 2 N–H and O–H groups in total. The minimum absolute atomic E-state index is 0.482. The van der Waals surface area contributed by atoms with Gasteiger partial charge in [-0.3, -0.25) is 0 Å². The lowest BCUT2D eigenvalue weighted by Gasteiger charge is -2.11. The van der Waals surface area contributed by atoms with Crippen LogP contribution in [0.4, 0.5) is 5.69 Å². The lowest BCUT2D eigenvalue weighted by Crippen LogP contribution is -1.96. The molecular formula is C17H10Cl4N2. The Morgan fingerprint density at radius 1 is 0.696 bits per heavy atom. The van der Waals surface area contributed by atoms with E-state index in [0.717, 1.165) is 5.56 Å². The molecular weight excluding hydrogens is 374 g/mol. The molecule has 2 aromatic carbocycles. The number of hydrogen-bond donors (Lipinski definition) is 1. The summed E-state index contributed by atoms with van der Waals surface area (Å²) in [5.74, 6) is 0. The number of benzene rings is 2. The molecule has 0 aliphatic rings. The molecule has 0 fully saturated rings. The second-order valence-corrected chi connectivity index (χ2v) is 6.57. The van der Waals surface area contributed by atoms with Crippen LogP contribution in [0.3, 0.4) is 0 Å². The monoisotopic (exact) mass is 382 g/mol. The first kappa shape index (κ1) is 16.4. The molecule has 0 radical (unpaired) electrons. The quantitative estimate of drug-likeness (QED) is 0.540. The molecule has 2 nitrogen and oxygen atoms in total. The summed E-state index contributed by atoms with van der Waals surface area (Å²) in [5.41, 5.74) is 9.31. The molecule has 0 spiro atoms. The van der Waals surface area contributed by atoms with Gasteiger partial charge < -0.3 is 5.73 Å². The minimum atomic E-state index is 0.482. The van der Waals surface area contributed by atoms with Crippen molar-refractivity contribution in [1.29, 1.82) is 0 Å². The third-order valence-corrected chi connectivity index (χ3v) is 4.42. The van der Waals surface area contributed by atoms with Crippen molar-refractivity contribution in [2.75, 3.05) is 5.73 Å². The Balaban J connectivity index is 2.16. The second kappa shape index (κ2) is 6.58. The lowest BCUT2D eigenvalue weighted by molar-refractivity contribution is 1.32. The van der Waals surface area contributed by atoms with Crippen LogP contribution in [-0.2, 0) is 0 Å². The van der Waals surface area contributed by atoms with Crippen LogP contribution in [0.5, 0.6) is 0 Å². The lowest BCUT2D eigenvalue weighted by atomic mass is 10.1. The van der Waals surface area contributed by atoms with Gasteiger partial charge >= 0.3 is 0 Å². The van der Waals surface area contributed by atoms with Gasteiger partial charge in [0.25, 0.3) is 0 Å². The van der Waals surface area contributed by atoms with Crippen molar-refractivity contribution in [3.63, 3.8) is 0 Å². The summed E-state index contributed by atoms with van der Waals surface area (Å²) >= 11 is 24.4. The SMILES string of the molecule is Nc1ccc(-c2ccc(Cl)cc2Cl)nc1-c1ccc(Cl)cc1Cl. The Bertz CT molecular complexity index is 894. The fraction of sp³-hybridized carbons (Fsp3) is 0. The van der Waals surface area contributed by atoms with Crippen molar-refractivity contribution in [2.45, 2.75) is 0 Å². The van der Waals surface area contributed by atoms with Crippen molar-refractivity contribution < 1.29 is 0 Å². The summed E-state index contributed by atoms with van der Waals surface area (Å²) in [7, 11) is 0. The largest absolute Gasteiger partial charge is 0.397 e. The average Bonchev–Trinajstić information content (AvgIpc) is 2.49. The average molecular weight is 384 g/mol. The third-order valence-electron chi connectivity index (χ3n) is 3.32. The molecule has 1 heterocycles. The van der Waals surface area contributed by atoms with E-state index >= 15 is 0 Å². The van der Waals surface area contributed by atoms with E-state index in [-0.39, 0.29) is 0 Å². The first-order chi connectivity index (χ1) is 11.0.